The highest BCUT2D eigenvalue weighted by molar-refractivity contribution is 5.93. The van der Waals surface area contributed by atoms with Crippen LogP contribution in [-0.2, 0) is 9.53 Å². The van der Waals surface area contributed by atoms with Crippen LogP contribution in [0, 0.1) is 0 Å². The zero-order valence-electron chi connectivity index (χ0n) is 9.38. The summed E-state index contributed by atoms with van der Waals surface area (Å²) in [5.41, 5.74) is 0.191. The fraction of sp³-hybridized carbons (Fsp3) is 0.0769. The van der Waals surface area contributed by atoms with Crippen LogP contribution in [0.4, 0.5) is 0 Å². The molecule has 0 radical (unpaired) electrons. The van der Waals surface area contributed by atoms with E-state index in [1.807, 2.05) is 0 Å². The van der Waals surface area contributed by atoms with Crippen LogP contribution in [0.3, 0.4) is 0 Å². The summed E-state index contributed by atoms with van der Waals surface area (Å²) in [6.07, 6.45) is 4.16. The molecule has 0 aliphatic carbocycles. The van der Waals surface area contributed by atoms with Gasteiger partial charge in [-0.05, 0) is 18.2 Å². The number of carbonyl (C=O) groups is 2. The van der Waals surface area contributed by atoms with Crippen LogP contribution in [0.15, 0.2) is 49.3 Å². The zero-order chi connectivity index (χ0) is 12.7. The van der Waals surface area contributed by atoms with Crippen molar-refractivity contribution in [3.63, 3.8) is 0 Å². The van der Waals surface area contributed by atoms with E-state index in [0.29, 0.717) is 0 Å². The number of benzene rings is 1. The predicted octanol–water partition coefficient (Wildman–Crippen LogP) is 2.47. The molecule has 0 bridgehead atoms. The first kappa shape index (κ1) is 12.7. The van der Waals surface area contributed by atoms with Crippen LogP contribution in [-0.4, -0.2) is 11.9 Å². The summed E-state index contributed by atoms with van der Waals surface area (Å²) in [7, 11) is 0. The summed E-state index contributed by atoms with van der Waals surface area (Å²) in [5, 5.41) is 0. The van der Waals surface area contributed by atoms with Crippen LogP contribution in [0.25, 0.3) is 0 Å². The Hall–Kier alpha value is -2.36. The first-order valence-corrected chi connectivity index (χ1v) is 4.91. The largest absolute Gasteiger partial charge is 0.431 e. The zero-order valence-corrected chi connectivity index (χ0v) is 9.38. The first-order chi connectivity index (χ1) is 8.15. The second-order valence-corrected chi connectivity index (χ2v) is 3.06. The maximum atomic E-state index is 11.6. The van der Waals surface area contributed by atoms with Crippen molar-refractivity contribution >= 4 is 11.9 Å². The van der Waals surface area contributed by atoms with E-state index < -0.39 is 11.9 Å². The molecule has 0 saturated carbocycles. The third-order valence-electron chi connectivity index (χ3n) is 1.75. The SMILES string of the molecule is C=CC=COC(=O)c1ccccc1OC(C)=O. The highest BCUT2D eigenvalue weighted by Crippen LogP contribution is 2.19. The Kier molecular flexibility index (Phi) is 4.69. The van der Waals surface area contributed by atoms with Crippen LogP contribution in [0.2, 0.25) is 0 Å². The third kappa shape index (κ3) is 3.95. The Morgan fingerprint density at radius 3 is 2.65 bits per heavy atom. The molecular weight excluding hydrogens is 220 g/mol. The minimum absolute atomic E-state index is 0.178. The van der Waals surface area contributed by atoms with Gasteiger partial charge in [-0.25, -0.2) is 4.79 Å². The lowest BCUT2D eigenvalue weighted by Crippen LogP contribution is -2.08. The van der Waals surface area contributed by atoms with E-state index in [1.54, 1.807) is 12.1 Å². The molecule has 0 aliphatic rings. The van der Waals surface area contributed by atoms with Gasteiger partial charge in [-0.1, -0.05) is 24.8 Å². The van der Waals surface area contributed by atoms with Crippen LogP contribution >= 0.6 is 0 Å². The molecule has 1 rings (SSSR count). The van der Waals surface area contributed by atoms with Crippen molar-refractivity contribution in [1.29, 1.82) is 0 Å². The minimum atomic E-state index is -0.597. The van der Waals surface area contributed by atoms with Crippen molar-refractivity contribution in [2.75, 3.05) is 0 Å². The average Bonchev–Trinajstić information content (AvgIpc) is 2.29. The normalized spacial score (nSPS) is 9.94. The highest BCUT2D eigenvalue weighted by atomic mass is 16.5. The van der Waals surface area contributed by atoms with Gasteiger partial charge in [0, 0.05) is 6.92 Å². The fourth-order valence-corrected chi connectivity index (χ4v) is 1.10. The summed E-state index contributed by atoms with van der Waals surface area (Å²) in [6, 6.07) is 6.35. The van der Waals surface area contributed by atoms with Gasteiger partial charge < -0.3 is 9.47 Å². The predicted molar refractivity (Wildman–Crippen MR) is 62.5 cm³/mol. The number of rotatable bonds is 4. The van der Waals surface area contributed by atoms with Gasteiger partial charge in [-0.15, -0.1) is 0 Å². The van der Waals surface area contributed by atoms with Crippen molar-refractivity contribution in [2.45, 2.75) is 6.92 Å². The van der Waals surface area contributed by atoms with E-state index in [9.17, 15) is 9.59 Å². The number of ether oxygens (including phenoxy) is 2. The molecule has 0 spiro atoms. The summed E-state index contributed by atoms with van der Waals surface area (Å²) in [6.45, 7) is 4.70. The number of esters is 2. The van der Waals surface area contributed by atoms with Gasteiger partial charge in [-0.2, -0.15) is 0 Å². The number of hydrogen-bond acceptors (Lipinski definition) is 4. The Morgan fingerprint density at radius 2 is 2.00 bits per heavy atom. The first-order valence-electron chi connectivity index (χ1n) is 4.91. The summed E-state index contributed by atoms with van der Waals surface area (Å²) in [4.78, 5) is 22.5. The number of carbonyl (C=O) groups excluding carboxylic acids is 2. The molecule has 0 atom stereocenters. The maximum Gasteiger partial charge on any atom is 0.346 e. The van der Waals surface area contributed by atoms with Crippen LogP contribution in [0.5, 0.6) is 5.75 Å². The van der Waals surface area contributed by atoms with E-state index in [4.69, 9.17) is 9.47 Å². The molecule has 4 nitrogen and oxygen atoms in total. The molecule has 0 heterocycles. The van der Waals surface area contributed by atoms with Gasteiger partial charge in [0.1, 0.15) is 11.3 Å². The molecule has 4 heteroatoms. The smallest absolute Gasteiger partial charge is 0.346 e. The van der Waals surface area contributed by atoms with Crippen molar-refractivity contribution in [3.05, 3.63) is 54.8 Å². The topological polar surface area (TPSA) is 52.6 Å². The van der Waals surface area contributed by atoms with Gasteiger partial charge in [0.05, 0.1) is 6.26 Å². The number of para-hydroxylation sites is 1. The summed E-state index contributed by atoms with van der Waals surface area (Å²) >= 11 is 0. The molecular formula is C13H12O4. The van der Waals surface area contributed by atoms with Gasteiger partial charge in [-0.3, -0.25) is 4.79 Å². The Morgan fingerprint density at radius 1 is 1.29 bits per heavy atom. The molecule has 17 heavy (non-hydrogen) atoms. The Bertz CT molecular complexity index is 460. The van der Waals surface area contributed by atoms with Crippen molar-refractivity contribution in [2.24, 2.45) is 0 Å². The lowest BCUT2D eigenvalue weighted by molar-refractivity contribution is -0.131. The average molecular weight is 232 g/mol. The molecule has 88 valence electrons. The molecule has 1 aromatic rings. The molecule has 0 unspecified atom stereocenters. The molecule has 0 aromatic heterocycles. The third-order valence-corrected chi connectivity index (χ3v) is 1.75. The lowest BCUT2D eigenvalue weighted by Gasteiger charge is -2.06. The molecule has 0 saturated heterocycles. The standard InChI is InChI=1S/C13H12O4/c1-3-4-9-16-13(15)11-7-5-6-8-12(11)17-10(2)14/h3-9H,1H2,2H3. The Balaban J connectivity index is 2.88. The van der Waals surface area contributed by atoms with E-state index in [-0.39, 0.29) is 11.3 Å². The second-order valence-electron chi connectivity index (χ2n) is 3.06. The lowest BCUT2D eigenvalue weighted by atomic mass is 10.2. The van der Waals surface area contributed by atoms with Crippen LogP contribution < -0.4 is 4.74 Å². The Labute approximate surface area is 99.2 Å². The maximum absolute atomic E-state index is 11.6. The minimum Gasteiger partial charge on any atom is -0.431 e. The van der Waals surface area contributed by atoms with E-state index in [1.165, 1.54) is 37.5 Å². The molecule has 0 aliphatic heterocycles. The molecule has 0 fully saturated rings. The van der Waals surface area contributed by atoms with Gasteiger partial charge in [0.25, 0.3) is 0 Å². The van der Waals surface area contributed by atoms with Crippen molar-refractivity contribution in [3.8, 4) is 5.75 Å². The molecule has 0 amide bonds. The van der Waals surface area contributed by atoms with Crippen molar-refractivity contribution < 1.29 is 19.1 Å². The summed E-state index contributed by atoms with van der Waals surface area (Å²) < 4.78 is 9.70. The van der Waals surface area contributed by atoms with E-state index in [2.05, 4.69) is 6.58 Å². The van der Waals surface area contributed by atoms with Gasteiger partial charge >= 0.3 is 11.9 Å². The van der Waals surface area contributed by atoms with E-state index >= 15 is 0 Å². The van der Waals surface area contributed by atoms with E-state index in [0.717, 1.165) is 0 Å². The fourth-order valence-electron chi connectivity index (χ4n) is 1.10. The van der Waals surface area contributed by atoms with Crippen LogP contribution in [0.1, 0.15) is 17.3 Å². The van der Waals surface area contributed by atoms with Crippen molar-refractivity contribution in [1.82, 2.24) is 0 Å². The summed E-state index contributed by atoms with van der Waals surface area (Å²) in [5.74, 6) is -0.913. The number of hydrogen-bond donors (Lipinski definition) is 0. The monoisotopic (exact) mass is 232 g/mol. The quantitative estimate of drug-likeness (QED) is 0.346. The van der Waals surface area contributed by atoms with Gasteiger partial charge in [0.2, 0.25) is 0 Å². The molecule has 1 aromatic carbocycles. The van der Waals surface area contributed by atoms with Gasteiger partial charge in [0.15, 0.2) is 0 Å². The number of allylic oxidation sites excluding steroid dienone is 2. The second kappa shape index (κ2) is 6.27. The molecule has 0 N–H and O–H groups in total. The highest BCUT2D eigenvalue weighted by Gasteiger charge is 2.13.